The molecule has 0 saturated carbocycles. The zero-order chi connectivity index (χ0) is 21.5. The van der Waals surface area contributed by atoms with Gasteiger partial charge in [0.2, 0.25) is 0 Å². The van der Waals surface area contributed by atoms with Gasteiger partial charge < -0.3 is 10.1 Å². The third kappa shape index (κ3) is 5.05. The predicted octanol–water partition coefficient (Wildman–Crippen LogP) is 5.62. The topological polar surface area (TPSA) is 62.1 Å². The number of benzene rings is 3. The van der Waals surface area contributed by atoms with Crippen molar-refractivity contribution in [3.63, 3.8) is 0 Å². The van der Waals surface area contributed by atoms with Crippen LogP contribution in [0.1, 0.15) is 16.7 Å². The lowest BCUT2D eigenvalue weighted by atomic mass is 10.0. The van der Waals surface area contributed by atoms with Crippen LogP contribution < -0.4 is 10.1 Å². The van der Waals surface area contributed by atoms with Crippen molar-refractivity contribution in [3.05, 3.63) is 99.8 Å². The molecule has 0 fully saturated rings. The number of amides is 1. The maximum Gasteiger partial charge on any atom is 0.266 e. The molecule has 0 radical (unpaired) electrons. The van der Waals surface area contributed by atoms with Crippen LogP contribution in [-0.4, -0.2) is 13.0 Å². The van der Waals surface area contributed by atoms with Crippen LogP contribution in [0, 0.1) is 17.1 Å². The fourth-order valence-electron chi connectivity index (χ4n) is 2.94. The molecule has 0 aliphatic heterocycles. The Kier molecular flexibility index (Phi) is 6.84. The maximum absolute atomic E-state index is 14.0. The fourth-order valence-corrected chi connectivity index (χ4v) is 3.22. The molecule has 3 rings (SSSR count). The first-order valence-electron chi connectivity index (χ1n) is 9.10. The average molecular weight is 421 g/mol. The van der Waals surface area contributed by atoms with Crippen molar-refractivity contribution >= 4 is 29.3 Å². The van der Waals surface area contributed by atoms with Crippen molar-refractivity contribution in [2.75, 3.05) is 12.4 Å². The first-order valence-corrected chi connectivity index (χ1v) is 9.47. The molecular weight excluding hydrogens is 403 g/mol. The summed E-state index contributed by atoms with van der Waals surface area (Å²) in [6, 6.07) is 20.5. The highest BCUT2D eigenvalue weighted by Gasteiger charge is 2.15. The summed E-state index contributed by atoms with van der Waals surface area (Å²) >= 11 is 6.44. The van der Waals surface area contributed by atoms with Gasteiger partial charge in [-0.2, -0.15) is 5.26 Å². The Bertz CT molecular complexity index is 1140. The van der Waals surface area contributed by atoms with Gasteiger partial charge in [-0.25, -0.2) is 4.39 Å². The van der Waals surface area contributed by atoms with Crippen molar-refractivity contribution < 1.29 is 13.9 Å². The quantitative estimate of drug-likeness (QED) is 0.415. The van der Waals surface area contributed by atoms with E-state index in [0.717, 1.165) is 0 Å². The van der Waals surface area contributed by atoms with Crippen LogP contribution in [0.4, 0.5) is 10.1 Å². The molecule has 0 atom stereocenters. The number of methoxy groups -OCH3 is 1. The number of anilines is 1. The molecule has 6 heteroatoms. The summed E-state index contributed by atoms with van der Waals surface area (Å²) in [7, 11) is 1.48. The van der Waals surface area contributed by atoms with E-state index in [0.29, 0.717) is 33.1 Å². The third-order valence-electron chi connectivity index (χ3n) is 4.43. The second kappa shape index (κ2) is 9.73. The Morgan fingerprint density at radius 1 is 1.17 bits per heavy atom. The van der Waals surface area contributed by atoms with Crippen LogP contribution in [0.15, 0.2) is 72.3 Å². The summed E-state index contributed by atoms with van der Waals surface area (Å²) in [5, 5.41) is 12.4. The summed E-state index contributed by atoms with van der Waals surface area (Å²) in [6.07, 6.45) is 1.68. The van der Waals surface area contributed by atoms with Gasteiger partial charge in [0.1, 0.15) is 23.2 Å². The lowest BCUT2D eigenvalue weighted by molar-refractivity contribution is -0.112. The number of ether oxygens (including phenoxy) is 1. The van der Waals surface area contributed by atoms with Crippen LogP contribution in [0.25, 0.3) is 6.08 Å². The molecule has 4 nitrogen and oxygen atoms in total. The SMILES string of the molecule is COc1cc(/C=C(\C#N)C(=O)Nc2ccccc2)cc(Cl)c1Cc1ccccc1F. The van der Waals surface area contributed by atoms with E-state index in [1.165, 1.54) is 19.3 Å². The molecule has 3 aromatic carbocycles. The maximum atomic E-state index is 14.0. The number of nitriles is 1. The third-order valence-corrected chi connectivity index (χ3v) is 4.77. The van der Waals surface area contributed by atoms with Gasteiger partial charge in [-0.1, -0.05) is 48.0 Å². The molecule has 0 bridgehead atoms. The molecule has 0 unspecified atom stereocenters. The van der Waals surface area contributed by atoms with E-state index in [1.807, 2.05) is 12.1 Å². The second-order valence-electron chi connectivity index (χ2n) is 6.44. The number of para-hydroxylation sites is 1. The van der Waals surface area contributed by atoms with Crippen molar-refractivity contribution in [3.8, 4) is 11.8 Å². The lowest BCUT2D eigenvalue weighted by Gasteiger charge is -2.13. The summed E-state index contributed by atoms with van der Waals surface area (Å²) < 4.78 is 19.5. The van der Waals surface area contributed by atoms with Gasteiger partial charge >= 0.3 is 0 Å². The van der Waals surface area contributed by atoms with E-state index in [2.05, 4.69) is 5.32 Å². The Morgan fingerprint density at radius 3 is 2.53 bits per heavy atom. The summed E-state index contributed by atoms with van der Waals surface area (Å²) in [6.45, 7) is 0. The van der Waals surface area contributed by atoms with Gasteiger partial charge in [-0.3, -0.25) is 4.79 Å². The molecule has 3 aromatic rings. The lowest BCUT2D eigenvalue weighted by Crippen LogP contribution is -2.13. The monoisotopic (exact) mass is 420 g/mol. The van der Waals surface area contributed by atoms with E-state index in [1.54, 1.807) is 54.6 Å². The zero-order valence-electron chi connectivity index (χ0n) is 16.2. The largest absolute Gasteiger partial charge is 0.496 e. The second-order valence-corrected chi connectivity index (χ2v) is 6.85. The van der Waals surface area contributed by atoms with Crippen molar-refractivity contribution in [1.29, 1.82) is 5.26 Å². The van der Waals surface area contributed by atoms with Crippen LogP contribution in [0.5, 0.6) is 5.75 Å². The average Bonchev–Trinajstić information content (AvgIpc) is 2.75. The number of nitrogens with zero attached hydrogens (tertiary/aromatic N) is 1. The van der Waals surface area contributed by atoms with Crippen LogP contribution in [0.3, 0.4) is 0 Å². The minimum atomic E-state index is -0.533. The normalized spacial score (nSPS) is 10.9. The summed E-state index contributed by atoms with van der Waals surface area (Å²) in [4.78, 5) is 12.4. The van der Waals surface area contributed by atoms with Gasteiger partial charge in [0.25, 0.3) is 5.91 Å². The van der Waals surface area contributed by atoms with Gasteiger partial charge in [0.05, 0.1) is 7.11 Å². The molecule has 0 heterocycles. The summed E-state index contributed by atoms with van der Waals surface area (Å²) in [5.41, 5.74) is 2.13. The van der Waals surface area contributed by atoms with Crippen LogP contribution in [-0.2, 0) is 11.2 Å². The molecule has 1 N–H and O–H groups in total. The number of hydrogen-bond donors (Lipinski definition) is 1. The molecule has 0 aliphatic carbocycles. The first-order chi connectivity index (χ1) is 14.5. The number of nitrogens with one attached hydrogen (secondary N) is 1. The smallest absolute Gasteiger partial charge is 0.266 e. The predicted molar refractivity (Wildman–Crippen MR) is 116 cm³/mol. The Morgan fingerprint density at radius 2 is 1.87 bits per heavy atom. The fraction of sp³-hybridized carbons (Fsp3) is 0.0833. The van der Waals surface area contributed by atoms with Gasteiger partial charge in [0, 0.05) is 22.7 Å². The number of carbonyl (C=O) groups excluding carboxylic acids is 1. The standard InChI is InChI=1S/C24H18ClFN2O2/c1-30-23-13-16(11-18(15-27)24(29)28-19-8-3-2-4-9-19)12-21(25)20(23)14-17-7-5-6-10-22(17)26/h2-13H,14H2,1H3,(H,28,29)/b18-11+. The van der Waals surface area contributed by atoms with Crippen molar-refractivity contribution in [1.82, 2.24) is 0 Å². The van der Waals surface area contributed by atoms with Crippen LogP contribution in [0.2, 0.25) is 5.02 Å². The minimum absolute atomic E-state index is 0.0844. The van der Waals surface area contributed by atoms with E-state index >= 15 is 0 Å². The van der Waals surface area contributed by atoms with Crippen molar-refractivity contribution in [2.45, 2.75) is 6.42 Å². The van der Waals surface area contributed by atoms with E-state index < -0.39 is 5.91 Å². The molecule has 0 aliphatic rings. The van der Waals surface area contributed by atoms with E-state index in [9.17, 15) is 14.4 Å². The number of hydrogen-bond acceptors (Lipinski definition) is 3. The Hall–Kier alpha value is -3.62. The van der Waals surface area contributed by atoms with Crippen molar-refractivity contribution in [2.24, 2.45) is 0 Å². The van der Waals surface area contributed by atoms with Gasteiger partial charge in [-0.15, -0.1) is 0 Å². The Balaban J connectivity index is 1.90. The molecular formula is C24H18ClFN2O2. The first kappa shape index (κ1) is 21.1. The molecule has 0 aromatic heterocycles. The summed E-state index contributed by atoms with van der Waals surface area (Å²) in [5.74, 6) is -0.420. The molecule has 150 valence electrons. The number of rotatable bonds is 6. The Labute approximate surface area is 179 Å². The minimum Gasteiger partial charge on any atom is -0.496 e. The highest BCUT2D eigenvalue weighted by molar-refractivity contribution is 6.31. The van der Waals surface area contributed by atoms with E-state index in [-0.39, 0.29) is 17.8 Å². The molecule has 0 spiro atoms. The number of halogens is 2. The van der Waals surface area contributed by atoms with Gasteiger partial charge in [-0.05, 0) is 47.5 Å². The number of carbonyl (C=O) groups is 1. The highest BCUT2D eigenvalue weighted by atomic mass is 35.5. The van der Waals surface area contributed by atoms with Crippen LogP contribution >= 0.6 is 11.6 Å². The zero-order valence-corrected chi connectivity index (χ0v) is 16.9. The highest BCUT2D eigenvalue weighted by Crippen LogP contribution is 2.32. The molecule has 1 amide bonds. The van der Waals surface area contributed by atoms with E-state index in [4.69, 9.17) is 16.3 Å². The molecule has 30 heavy (non-hydrogen) atoms. The molecule has 0 saturated heterocycles. The van der Waals surface area contributed by atoms with Gasteiger partial charge in [0.15, 0.2) is 0 Å².